The molecule has 2 amide bonds. The molecule has 0 aliphatic carbocycles. The number of anilines is 1. The Labute approximate surface area is 127 Å². The van der Waals surface area contributed by atoms with Crippen molar-refractivity contribution in [1.29, 1.82) is 5.26 Å². The molecule has 112 valence electrons. The van der Waals surface area contributed by atoms with Crippen LogP contribution in [-0.4, -0.2) is 28.1 Å². The van der Waals surface area contributed by atoms with Crippen molar-refractivity contribution < 1.29 is 9.59 Å². The number of carbonyl (C=O) groups excluding carboxylic acids is 2. The van der Waals surface area contributed by atoms with E-state index in [2.05, 4.69) is 15.7 Å². The maximum Gasteiger partial charge on any atom is 0.269 e. The SMILES string of the molecule is Cn1nccc1C(=O)NCCC(=O)Nc1ccc(C#N)cc1. The molecular weight excluding hydrogens is 282 g/mol. The lowest BCUT2D eigenvalue weighted by Gasteiger charge is -2.07. The molecule has 2 rings (SSSR count). The number of carbonyl (C=O) groups is 2. The van der Waals surface area contributed by atoms with E-state index in [1.54, 1.807) is 37.4 Å². The highest BCUT2D eigenvalue weighted by atomic mass is 16.2. The predicted octanol–water partition coefficient (Wildman–Crippen LogP) is 1.05. The van der Waals surface area contributed by atoms with E-state index in [1.165, 1.54) is 10.9 Å². The first-order valence-corrected chi connectivity index (χ1v) is 6.66. The summed E-state index contributed by atoms with van der Waals surface area (Å²) in [5.41, 5.74) is 1.58. The minimum Gasteiger partial charge on any atom is -0.350 e. The number of hydrogen-bond donors (Lipinski definition) is 2. The van der Waals surface area contributed by atoms with E-state index in [1.807, 2.05) is 6.07 Å². The van der Waals surface area contributed by atoms with Gasteiger partial charge in [0.15, 0.2) is 0 Å². The van der Waals surface area contributed by atoms with Crippen molar-refractivity contribution in [2.75, 3.05) is 11.9 Å². The number of aryl methyl sites for hydroxylation is 1. The van der Waals surface area contributed by atoms with Gasteiger partial charge in [0, 0.05) is 31.9 Å². The summed E-state index contributed by atoms with van der Waals surface area (Å²) in [5, 5.41) is 18.0. The largest absolute Gasteiger partial charge is 0.350 e. The van der Waals surface area contributed by atoms with Gasteiger partial charge < -0.3 is 10.6 Å². The number of aromatic nitrogens is 2. The molecule has 0 atom stereocenters. The minimum absolute atomic E-state index is 0.156. The van der Waals surface area contributed by atoms with E-state index in [-0.39, 0.29) is 24.8 Å². The van der Waals surface area contributed by atoms with Crippen molar-refractivity contribution in [2.45, 2.75) is 6.42 Å². The van der Waals surface area contributed by atoms with Crippen LogP contribution >= 0.6 is 0 Å². The summed E-state index contributed by atoms with van der Waals surface area (Å²) in [5.74, 6) is -0.485. The summed E-state index contributed by atoms with van der Waals surface area (Å²) in [7, 11) is 1.67. The number of benzene rings is 1. The number of nitrogens with one attached hydrogen (secondary N) is 2. The molecule has 1 aromatic carbocycles. The highest BCUT2D eigenvalue weighted by molar-refractivity contribution is 5.94. The van der Waals surface area contributed by atoms with Crippen LogP contribution in [0.15, 0.2) is 36.5 Å². The first-order chi connectivity index (χ1) is 10.6. The summed E-state index contributed by atoms with van der Waals surface area (Å²) in [6.45, 7) is 0.228. The summed E-state index contributed by atoms with van der Waals surface area (Å²) in [6.07, 6.45) is 1.69. The molecule has 1 aromatic heterocycles. The average Bonchev–Trinajstić information content (AvgIpc) is 2.94. The first-order valence-electron chi connectivity index (χ1n) is 6.66. The maximum atomic E-state index is 11.8. The molecule has 0 saturated carbocycles. The Morgan fingerprint density at radius 3 is 2.59 bits per heavy atom. The number of rotatable bonds is 5. The van der Waals surface area contributed by atoms with Gasteiger partial charge in [-0.3, -0.25) is 14.3 Å². The van der Waals surface area contributed by atoms with Gasteiger partial charge in [0.25, 0.3) is 5.91 Å². The Morgan fingerprint density at radius 2 is 2.00 bits per heavy atom. The van der Waals surface area contributed by atoms with Gasteiger partial charge in [-0.2, -0.15) is 10.4 Å². The molecule has 0 bridgehead atoms. The second kappa shape index (κ2) is 7.04. The van der Waals surface area contributed by atoms with Crippen LogP contribution in [0.25, 0.3) is 0 Å². The van der Waals surface area contributed by atoms with Gasteiger partial charge in [-0.05, 0) is 30.3 Å². The quantitative estimate of drug-likeness (QED) is 0.861. The van der Waals surface area contributed by atoms with E-state index in [0.717, 1.165) is 0 Å². The average molecular weight is 297 g/mol. The second-order valence-corrected chi connectivity index (χ2v) is 4.58. The van der Waals surface area contributed by atoms with Gasteiger partial charge >= 0.3 is 0 Å². The van der Waals surface area contributed by atoms with E-state index >= 15 is 0 Å². The maximum absolute atomic E-state index is 11.8. The molecule has 7 heteroatoms. The highest BCUT2D eigenvalue weighted by Gasteiger charge is 2.10. The minimum atomic E-state index is -0.272. The molecule has 22 heavy (non-hydrogen) atoms. The van der Waals surface area contributed by atoms with Crippen molar-refractivity contribution in [3.63, 3.8) is 0 Å². The fourth-order valence-corrected chi connectivity index (χ4v) is 1.83. The van der Waals surface area contributed by atoms with E-state index in [9.17, 15) is 9.59 Å². The zero-order chi connectivity index (χ0) is 15.9. The van der Waals surface area contributed by atoms with Gasteiger partial charge in [-0.1, -0.05) is 0 Å². The smallest absolute Gasteiger partial charge is 0.269 e. The molecule has 1 heterocycles. The molecule has 0 fully saturated rings. The van der Waals surface area contributed by atoms with Gasteiger partial charge in [0.2, 0.25) is 5.91 Å². The van der Waals surface area contributed by atoms with E-state index in [4.69, 9.17) is 5.26 Å². The third-order valence-corrected chi connectivity index (χ3v) is 2.99. The summed E-state index contributed by atoms with van der Waals surface area (Å²) in [4.78, 5) is 23.6. The molecule has 0 unspecified atom stereocenters. The second-order valence-electron chi connectivity index (χ2n) is 4.58. The summed E-state index contributed by atoms with van der Waals surface area (Å²) >= 11 is 0. The normalized spacial score (nSPS) is 9.82. The van der Waals surface area contributed by atoms with Crippen molar-refractivity contribution in [1.82, 2.24) is 15.1 Å². The molecular formula is C15H15N5O2. The Balaban J connectivity index is 1.77. The molecule has 2 aromatic rings. The lowest BCUT2D eigenvalue weighted by atomic mass is 10.2. The molecule has 2 N–H and O–H groups in total. The van der Waals surface area contributed by atoms with Crippen LogP contribution in [0.5, 0.6) is 0 Å². The lowest BCUT2D eigenvalue weighted by Crippen LogP contribution is -2.29. The van der Waals surface area contributed by atoms with Crippen LogP contribution in [0.2, 0.25) is 0 Å². The van der Waals surface area contributed by atoms with E-state index in [0.29, 0.717) is 16.9 Å². The van der Waals surface area contributed by atoms with Crippen LogP contribution in [0.3, 0.4) is 0 Å². The van der Waals surface area contributed by atoms with Crippen molar-refractivity contribution in [3.8, 4) is 6.07 Å². The van der Waals surface area contributed by atoms with Crippen LogP contribution in [-0.2, 0) is 11.8 Å². The lowest BCUT2D eigenvalue weighted by molar-refractivity contribution is -0.116. The standard InChI is InChI=1S/C15H15N5O2/c1-20-13(6-9-18-20)15(22)17-8-7-14(21)19-12-4-2-11(10-16)3-5-12/h2-6,9H,7-8H2,1H3,(H,17,22)(H,19,21). The van der Waals surface area contributed by atoms with Crippen LogP contribution in [0.4, 0.5) is 5.69 Å². The zero-order valence-corrected chi connectivity index (χ0v) is 12.0. The van der Waals surface area contributed by atoms with Crippen LogP contribution in [0, 0.1) is 11.3 Å². The Morgan fingerprint density at radius 1 is 1.27 bits per heavy atom. The van der Waals surface area contributed by atoms with E-state index < -0.39 is 0 Å². The number of nitriles is 1. The van der Waals surface area contributed by atoms with Crippen molar-refractivity contribution >= 4 is 17.5 Å². The van der Waals surface area contributed by atoms with Crippen LogP contribution in [0.1, 0.15) is 22.5 Å². The number of hydrogen-bond acceptors (Lipinski definition) is 4. The van der Waals surface area contributed by atoms with Crippen LogP contribution < -0.4 is 10.6 Å². The summed E-state index contributed by atoms with van der Waals surface area (Å²) < 4.78 is 1.46. The van der Waals surface area contributed by atoms with Gasteiger partial charge in [0.1, 0.15) is 5.69 Å². The number of amides is 2. The predicted molar refractivity (Wildman–Crippen MR) is 79.9 cm³/mol. The van der Waals surface area contributed by atoms with Crippen molar-refractivity contribution in [3.05, 3.63) is 47.8 Å². The van der Waals surface area contributed by atoms with Gasteiger partial charge in [-0.25, -0.2) is 0 Å². The van der Waals surface area contributed by atoms with Gasteiger partial charge in [0.05, 0.1) is 11.6 Å². The molecule has 0 spiro atoms. The Bertz CT molecular complexity index is 712. The van der Waals surface area contributed by atoms with Gasteiger partial charge in [-0.15, -0.1) is 0 Å². The van der Waals surface area contributed by atoms with Crippen molar-refractivity contribution in [2.24, 2.45) is 7.05 Å². The third kappa shape index (κ3) is 3.93. The highest BCUT2D eigenvalue weighted by Crippen LogP contribution is 2.08. The Hall–Kier alpha value is -3.14. The molecule has 0 radical (unpaired) electrons. The first kappa shape index (κ1) is 15.3. The monoisotopic (exact) mass is 297 g/mol. The fourth-order valence-electron chi connectivity index (χ4n) is 1.83. The third-order valence-electron chi connectivity index (χ3n) is 2.99. The molecule has 0 saturated heterocycles. The fraction of sp³-hybridized carbons (Fsp3) is 0.200. The topological polar surface area (TPSA) is 99.8 Å². The summed E-state index contributed by atoms with van der Waals surface area (Å²) in [6, 6.07) is 10.2. The zero-order valence-electron chi connectivity index (χ0n) is 12.0. The Kier molecular flexibility index (Phi) is 4.88. The molecule has 0 aliphatic rings. The molecule has 7 nitrogen and oxygen atoms in total. The molecule has 0 aliphatic heterocycles. The number of nitrogens with zero attached hydrogens (tertiary/aromatic N) is 3.